The predicted octanol–water partition coefficient (Wildman–Crippen LogP) is 4.76. The first-order chi connectivity index (χ1) is 13.7. The van der Waals surface area contributed by atoms with Crippen molar-refractivity contribution in [2.75, 3.05) is 0 Å². The molecule has 0 bridgehead atoms. The van der Waals surface area contributed by atoms with E-state index in [0.717, 1.165) is 5.56 Å². The van der Waals surface area contributed by atoms with Crippen LogP contribution in [-0.4, -0.2) is 26.2 Å². The zero-order valence-corrected chi connectivity index (χ0v) is 16.6. The average Bonchev–Trinajstić information content (AvgIpc) is 2.70. The summed E-state index contributed by atoms with van der Waals surface area (Å²) in [6.07, 6.45) is 0.284. The summed E-state index contributed by atoms with van der Waals surface area (Å²) in [5.74, 6) is -2.27. The van der Waals surface area contributed by atoms with Crippen molar-refractivity contribution in [3.8, 4) is 23.0 Å². The number of aromatic hydroxyl groups is 4. The van der Waals surface area contributed by atoms with Crippen molar-refractivity contribution in [2.24, 2.45) is 0 Å². The van der Waals surface area contributed by atoms with Gasteiger partial charge in [0.1, 0.15) is 5.75 Å². The lowest BCUT2D eigenvalue weighted by molar-refractivity contribution is 0.103. The molecule has 0 spiro atoms. The summed E-state index contributed by atoms with van der Waals surface area (Å²) in [5, 5.41) is 40.9. The molecule has 0 aliphatic rings. The van der Waals surface area contributed by atoms with Crippen LogP contribution in [0.1, 0.15) is 57.9 Å². The molecule has 0 atom stereocenters. The molecule has 4 N–H and O–H groups in total. The summed E-state index contributed by atoms with van der Waals surface area (Å²) >= 11 is 0. The molecule has 0 fully saturated rings. The Morgan fingerprint density at radius 2 is 1.52 bits per heavy atom. The Balaban J connectivity index is 2.14. The lowest BCUT2D eigenvalue weighted by Gasteiger charge is -2.16. The Morgan fingerprint density at radius 3 is 2.14 bits per heavy atom. The number of phenolic OH excluding ortho intramolecular Hbond substituents is 4. The molecule has 0 unspecified atom stereocenters. The minimum Gasteiger partial charge on any atom is -0.508 e. The number of carbonyl (C=O) groups is 1. The average molecular weight is 392 g/mol. The van der Waals surface area contributed by atoms with Crippen molar-refractivity contribution in [3.05, 3.63) is 81.9 Å². The van der Waals surface area contributed by atoms with Crippen LogP contribution in [0.5, 0.6) is 23.0 Å². The molecular weight excluding hydrogens is 368 g/mol. The zero-order chi connectivity index (χ0) is 21.3. The predicted molar refractivity (Wildman–Crippen MR) is 111 cm³/mol. The van der Waals surface area contributed by atoms with Crippen LogP contribution in [0.4, 0.5) is 0 Å². The van der Waals surface area contributed by atoms with E-state index in [1.807, 2.05) is 44.2 Å². The van der Waals surface area contributed by atoms with E-state index in [4.69, 9.17) is 0 Å². The first kappa shape index (κ1) is 20.3. The van der Waals surface area contributed by atoms with Crippen molar-refractivity contribution in [1.82, 2.24) is 0 Å². The number of aryl methyl sites for hydroxylation is 1. The summed E-state index contributed by atoms with van der Waals surface area (Å²) in [5.41, 5.74) is 2.62. The standard InChI is InChI=1S/C24H24O5/c1-13(2)17-12-20(25)14(3)9-18(17)22(27)19-11-16(21(26)24(29)23(19)28)10-15-7-5-4-6-8-15/h4-9,11-13,25-26,28-29H,10H2,1-3H3. The van der Waals surface area contributed by atoms with E-state index in [9.17, 15) is 25.2 Å². The number of phenols is 4. The summed E-state index contributed by atoms with van der Waals surface area (Å²) in [7, 11) is 0. The molecule has 0 amide bonds. The number of hydrogen-bond donors (Lipinski definition) is 4. The molecule has 5 nitrogen and oxygen atoms in total. The maximum absolute atomic E-state index is 13.3. The van der Waals surface area contributed by atoms with Gasteiger partial charge in [0.2, 0.25) is 5.75 Å². The van der Waals surface area contributed by atoms with E-state index in [2.05, 4.69) is 0 Å². The van der Waals surface area contributed by atoms with Gasteiger partial charge >= 0.3 is 0 Å². The maximum atomic E-state index is 13.3. The third kappa shape index (κ3) is 3.90. The monoisotopic (exact) mass is 392 g/mol. The highest BCUT2D eigenvalue weighted by Crippen LogP contribution is 2.42. The molecule has 3 rings (SSSR count). The molecule has 29 heavy (non-hydrogen) atoms. The van der Waals surface area contributed by atoms with E-state index >= 15 is 0 Å². The molecule has 0 aliphatic heterocycles. The number of carbonyl (C=O) groups excluding carboxylic acids is 1. The van der Waals surface area contributed by atoms with E-state index in [1.165, 1.54) is 6.07 Å². The fourth-order valence-corrected chi connectivity index (χ4v) is 3.36. The number of rotatable bonds is 5. The Kier molecular flexibility index (Phi) is 5.50. The highest BCUT2D eigenvalue weighted by Gasteiger charge is 2.25. The van der Waals surface area contributed by atoms with E-state index in [1.54, 1.807) is 19.1 Å². The molecule has 0 aliphatic carbocycles. The van der Waals surface area contributed by atoms with Crippen LogP contribution in [-0.2, 0) is 6.42 Å². The summed E-state index contributed by atoms with van der Waals surface area (Å²) < 4.78 is 0. The summed E-state index contributed by atoms with van der Waals surface area (Å²) in [6, 6.07) is 13.8. The lowest BCUT2D eigenvalue weighted by Crippen LogP contribution is -2.09. The second kappa shape index (κ2) is 7.87. The lowest BCUT2D eigenvalue weighted by atomic mass is 9.89. The van der Waals surface area contributed by atoms with Crippen molar-refractivity contribution >= 4 is 5.78 Å². The molecule has 3 aromatic carbocycles. The van der Waals surface area contributed by atoms with Gasteiger partial charge in [-0.25, -0.2) is 0 Å². The van der Waals surface area contributed by atoms with Crippen LogP contribution < -0.4 is 0 Å². The molecule has 0 saturated heterocycles. The van der Waals surface area contributed by atoms with Crippen molar-refractivity contribution in [1.29, 1.82) is 0 Å². The third-order valence-corrected chi connectivity index (χ3v) is 5.04. The molecule has 5 heteroatoms. The van der Waals surface area contributed by atoms with Gasteiger partial charge in [-0.15, -0.1) is 0 Å². The zero-order valence-electron chi connectivity index (χ0n) is 16.6. The maximum Gasteiger partial charge on any atom is 0.201 e. The van der Waals surface area contributed by atoms with Crippen LogP contribution >= 0.6 is 0 Å². The molecule has 0 radical (unpaired) electrons. The van der Waals surface area contributed by atoms with E-state index in [0.29, 0.717) is 22.3 Å². The Labute approximate surface area is 169 Å². The van der Waals surface area contributed by atoms with Gasteiger partial charge in [-0.2, -0.15) is 0 Å². The van der Waals surface area contributed by atoms with Crippen LogP contribution in [0.3, 0.4) is 0 Å². The highest BCUT2D eigenvalue weighted by molar-refractivity contribution is 6.12. The van der Waals surface area contributed by atoms with Gasteiger partial charge in [-0.1, -0.05) is 44.2 Å². The van der Waals surface area contributed by atoms with Gasteiger partial charge in [0, 0.05) is 17.5 Å². The molecule has 3 aromatic rings. The topological polar surface area (TPSA) is 98.0 Å². The number of hydrogen-bond acceptors (Lipinski definition) is 5. The van der Waals surface area contributed by atoms with E-state index < -0.39 is 23.0 Å². The van der Waals surface area contributed by atoms with Crippen LogP contribution in [0.2, 0.25) is 0 Å². The van der Waals surface area contributed by atoms with Crippen molar-refractivity contribution in [3.63, 3.8) is 0 Å². The SMILES string of the molecule is Cc1cc(C(=O)c2cc(Cc3ccccc3)c(O)c(O)c2O)c(C(C)C)cc1O. The summed E-state index contributed by atoms with van der Waals surface area (Å²) in [4.78, 5) is 13.3. The fraction of sp³-hybridized carbons (Fsp3) is 0.208. The Hall–Kier alpha value is -3.47. The largest absolute Gasteiger partial charge is 0.508 e. The normalized spacial score (nSPS) is 11.0. The van der Waals surface area contributed by atoms with Crippen LogP contribution in [0.15, 0.2) is 48.5 Å². The van der Waals surface area contributed by atoms with Crippen LogP contribution in [0, 0.1) is 6.92 Å². The molecule has 0 aromatic heterocycles. The van der Waals surface area contributed by atoms with Crippen LogP contribution in [0.25, 0.3) is 0 Å². The molecule has 0 saturated carbocycles. The molecule has 0 heterocycles. The van der Waals surface area contributed by atoms with E-state index in [-0.39, 0.29) is 23.7 Å². The van der Waals surface area contributed by atoms with Gasteiger partial charge in [-0.05, 0) is 47.7 Å². The minimum absolute atomic E-state index is 0.0444. The Bertz CT molecular complexity index is 1070. The quantitative estimate of drug-likeness (QED) is 0.371. The van der Waals surface area contributed by atoms with Gasteiger partial charge in [-0.3, -0.25) is 4.79 Å². The summed E-state index contributed by atoms with van der Waals surface area (Å²) in [6.45, 7) is 5.48. The first-order valence-electron chi connectivity index (χ1n) is 9.39. The Morgan fingerprint density at radius 1 is 0.862 bits per heavy atom. The highest BCUT2D eigenvalue weighted by atomic mass is 16.3. The minimum atomic E-state index is -0.719. The van der Waals surface area contributed by atoms with Gasteiger partial charge < -0.3 is 20.4 Å². The van der Waals surface area contributed by atoms with Gasteiger partial charge in [0.05, 0.1) is 5.56 Å². The molecular formula is C24H24O5. The fourth-order valence-electron chi connectivity index (χ4n) is 3.36. The number of ketones is 1. The third-order valence-electron chi connectivity index (χ3n) is 5.04. The smallest absolute Gasteiger partial charge is 0.201 e. The van der Waals surface area contributed by atoms with Gasteiger partial charge in [0.25, 0.3) is 0 Å². The number of benzene rings is 3. The first-order valence-corrected chi connectivity index (χ1v) is 9.39. The van der Waals surface area contributed by atoms with Gasteiger partial charge in [0.15, 0.2) is 17.3 Å². The second-order valence-electron chi connectivity index (χ2n) is 7.50. The van der Waals surface area contributed by atoms with Crippen molar-refractivity contribution < 1.29 is 25.2 Å². The second-order valence-corrected chi connectivity index (χ2v) is 7.50. The molecule has 150 valence electrons. The van der Waals surface area contributed by atoms with Crippen molar-refractivity contribution in [2.45, 2.75) is 33.1 Å².